The first-order chi connectivity index (χ1) is 14.6. The summed E-state index contributed by atoms with van der Waals surface area (Å²) in [4.78, 5) is 24.1. The number of anilines is 1. The van der Waals surface area contributed by atoms with Gasteiger partial charge in [0.25, 0.3) is 5.91 Å². The minimum absolute atomic E-state index is 0.0557. The third kappa shape index (κ3) is 4.27. The van der Waals surface area contributed by atoms with E-state index in [9.17, 15) is 4.79 Å². The molecular weight excluding hydrogens is 434 g/mol. The van der Waals surface area contributed by atoms with Gasteiger partial charge in [0, 0.05) is 23.0 Å². The second kappa shape index (κ2) is 9.50. The average molecular weight is 458 g/mol. The molecule has 2 aromatic rings. The molecule has 0 N–H and O–H groups in total. The van der Waals surface area contributed by atoms with Gasteiger partial charge in [-0.1, -0.05) is 67.0 Å². The maximum atomic E-state index is 13.4. The van der Waals surface area contributed by atoms with E-state index in [1.165, 1.54) is 11.8 Å². The van der Waals surface area contributed by atoms with Gasteiger partial charge >= 0.3 is 0 Å². The number of aliphatic imine (C=N–C) groups is 1. The Labute approximate surface area is 191 Å². The highest BCUT2D eigenvalue weighted by Crippen LogP contribution is 2.51. The number of rotatable bonds is 6. The molecule has 2 aliphatic heterocycles. The minimum Gasteiger partial charge on any atom is -0.334 e. The largest absolute Gasteiger partial charge is 0.334 e. The normalized spacial score (nSPS) is 19.8. The van der Waals surface area contributed by atoms with Crippen LogP contribution in [0.4, 0.5) is 5.69 Å². The lowest BCUT2D eigenvalue weighted by Crippen LogP contribution is -2.31. The molecule has 2 aromatic carbocycles. The lowest BCUT2D eigenvalue weighted by Gasteiger charge is -2.19. The van der Waals surface area contributed by atoms with Crippen LogP contribution in [0.15, 0.2) is 68.4 Å². The first-order valence-corrected chi connectivity index (χ1v) is 12.2. The van der Waals surface area contributed by atoms with Crippen LogP contribution in [-0.4, -0.2) is 29.1 Å². The average Bonchev–Trinajstić information content (AvgIpc) is 3.27. The van der Waals surface area contributed by atoms with Gasteiger partial charge in [-0.2, -0.15) is 0 Å². The number of hydrogen-bond acceptors (Lipinski definition) is 5. The molecule has 30 heavy (non-hydrogen) atoms. The Morgan fingerprint density at radius 3 is 2.57 bits per heavy atom. The molecule has 2 aliphatic rings. The van der Waals surface area contributed by atoms with E-state index in [0.717, 1.165) is 50.6 Å². The quantitative estimate of drug-likeness (QED) is 0.472. The van der Waals surface area contributed by atoms with Crippen LogP contribution in [0.25, 0.3) is 0 Å². The van der Waals surface area contributed by atoms with E-state index in [-0.39, 0.29) is 5.91 Å². The maximum absolute atomic E-state index is 13.4. The zero-order chi connectivity index (χ0) is 21.1. The number of fused-ring (bicyclic) bond motifs is 1. The summed E-state index contributed by atoms with van der Waals surface area (Å²) < 4.78 is 0. The van der Waals surface area contributed by atoms with Crippen molar-refractivity contribution in [2.45, 2.75) is 38.1 Å². The molecule has 4 rings (SSSR count). The van der Waals surface area contributed by atoms with Gasteiger partial charge in [0.1, 0.15) is 9.93 Å². The molecule has 0 aliphatic carbocycles. The SMILES string of the molecule is CCCCN1C(=O)C(=C2Sc3ccc(Cl)cc3N2CC)SC1=NCc1ccccc1. The van der Waals surface area contributed by atoms with Crippen molar-refractivity contribution >= 4 is 51.9 Å². The predicted octanol–water partition coefficient (Wildman–Crippen LogP) is 6.37. The van der Waals surface area contributed by atoms with Crippen molar-refractivity contribution in [3.8, 4) is 0 Å². The Morgan fingerprint density at radius 2 is 1.83 bits per heavy atom. The first-order valence-electron chi connectivity index (χ1n) is 10.2. The van der Waals surface area contributed by atoms with Crippen LogP contribution in [0.2, 0.25) is 5.02 Å². The van der Waals surface area contributed by atoms with Crippen LogP contribution in [0.3, 0.4) is 0 Å². The van der Waals surface area contributed by atoms with Gasteiger partial charge in [-0.15, -0.1) is 0 Å². The van der Waals surface area contributed by atoms with Crippen molar-refractivity contribution < 1.29 is 4.79 Å². The number of thioether (sulfide) groups is 2. The summed E-state index contributed by atoms with van der Waals surface area (Å²) in [6.07, 6.45) is 1.99. The van der Waals surface area contributed by atoms with E-state index in [4.69, 9.17) is 16.6 Å². The van der Waals surface area contributed by atoms with Crippen molar-refractivity contribution in [2.24, 2.45) is 4.99 Å². The van der Waals surface area contributed by atoms with Gasteiger partial charge in [-0.3, -0.25) is 14.7 Å². The zero-order valence-corrected chi connectivity index (χ0v) is 19.5. The van der Waals surface area contributed by atoms with Gasteiger partial charge in [-0.25, -0.2) is 0 Å². The summed E-state index contributed by atoms with van der Waals surface area (Å²) in [5, 5.41) is 2.49. The second-order valence-electron chi connectivity index (χ2n) is 7.09. The smallest absolute Gasteiger partial charge is 0.269 e. The highest BCUT2D eigenvalue weighted by molar-refractivity contribution is 8.19. The van der Waals surface area contributed by atoms with E-state index in [1.54, 1.807) is 11.8 Å². The van der Waals surface area contributed by atoms with E-state index in [0.29, 0.717) is 18.1 Å². The van der Waals surface area contributed by atoms with Crippen molar-refractivity contribution in [3.05, 3.63) is 69.1 Å². The Bertz CT molecular complexity index is 1010. The number of carbonyl (C=O) groups is 1. The molecule has 1 amide bonds. The third-order valence-electron chi connectivity index (χ3n) is 5.01. The number of benzene rings is 2. The zero-order valence-electron chi connectivity index (χ0n) is 17.1. The van der Waals surface area contributed by atoms with Gasteiger partial charge in [-0.05, 0) is 48.9 Å². The minimum atomic E-state index is 0.0557. The molecule has 156 valence electrons. The number of nitrogens with zero attached hydrogens (tertiary/aromatic N) is 3. The number of carbonyl (C=O) groups excluding carboxylic acids is 1. The van der Waals surface area contributed by atoms with Gasteiger partial charge in [0.15, 0.2) is 5.17 Å². The number of hydrogen-bond donors (Lipinski definition) is 0. The lowest BCUT2D eigenvalue weighted by atomic mass is 10.2. The predicted molar refractivity (Wildman–Crippen MR) is 129 cm³/mol. The standard InChI is InChI=1S/C23H24ClN3OS2/c1-3-5-13-27-21(28)20(30-23(27)25-15-16-9-7-6-8-10-16)22-26(4-2)18-14-17(24)11-12-19(18)29-22/h6-12,14H,3-5,13,15H2,1-2H3. The molecule has 0 aromatic heterocycles. The molecule has 0 saturated carbocycles. The van der Waals surface area contributed by atoms with Crippen LogP contribution in [0.5, 0.6) is 0 Å². The van der Waals surface area contributed by atoms with Gasteiger partial charge < -0.3 is 4.90 Å². The lowest BCUT2D eigenvalue weighted by molar-refractivity contribution is -0.122. The summed E-state index contributed by atoms with van der Waals surface area (Å²) in [5.41, 5.74) is 2.21. The molecule has 0 bridgehead atoms. The third-order valence-corrected chi connectivity index (χ3v) is 7.66. The number of halogens is 1. The Hall–Kier alpha value is -1.89. The van der Waals surface area contributed by atoms with Crippen LogP contribution < -0.4 is 4.90 Å². The molecular formula is C23H24ClN3OS2. The highest BCUT2D eigenvalue weighted by atomic mass is 35.5. The number of unbranched alkanes of at least 4 members (excludes halogenated alkanes) is 1. The second-order valence-corrected chi connectivity index (χ2v) is 9.53. The summed E-state index contributed by atoms with van der Waals surface area (Å²) in [5.74, 6) is 0.0557. The van der Waals surface area contributed by atoms with E-state index < -0.39 is 0 Å². The van der Waals surface area contributed by atoms with Gasteiger partial charge in [0.2, 0.25) is 0 Å². The molecule has 2 heterocycles. The molecule has 1 saturated heterocycles. The van der Waals surface area contributed by atoms with E-state index in [1.807, 2.05) is 41.3 Å². The Morgan fingerprint density at radius 1 is 1.03 bits per heavy atom. The Kier molecular flexibility index (Phi) is 6.76. The summed E-state index contributed by atoms with van der Waals surface area (Å²) in [6.45, 7) is 6.28. The molecule has 0 radical (unpaired) electrons. The van der Waals surface area contributed by atoms with Crippen LogP contribution >= 0.6 is 35.1 Å². The van der Waals surface area contributed by atoms with E-state index >= 15 is 0 Å². The van der Waals surface area contributed by atoms with E-state index in [2.05, 4.69) is 30.9 Å². The van der Waals surface area contributed by atoms with Crippen molar-refractivity contribution in [1.29, 1.82) is 0 Å². The monoisotopic (exact) mass is 457 g/mol. The van der Waals surface area contributed by atoms with Crippen LogP contribution in [0, 0.1) is 0 Å². The molecule has 1 fully saturated rings. The molecule has 0 atom stereocenters. The first kappa shape index (κ1) is 21.3. The number of amides is 1. The maximum Gasteiger partial charge on any atom is 0.269 e. The fraction of sp³-hybridized carbons (Fsp3) is 0.304. The molecule has 4 nitrogen and oxygen atoms in total. The fourth-order valence-corrected chi connectivity index (χ4v) is 5.99. The summed E-state index contributed by atoms with van der Waals surface area (Å²) >= 11 is 9.38. The summed E-state index contributed by atoms with van der Waals surface area (Å²) in [7, 11) is 0. The van der Waals surface area contributed by atoms with Crippen LogP contribution in [0.1, 0.15) is 32.3 Å². The molecule has 7 heteroatoms. The van der Waals surface area contributed by atoms with Crippen molar-refractivity contribution in [1.82, 2.24) is 4.90 Å². The van der Waals surface area contributed by atoms with Crippen molar-refractivity contribution in [3.63, 3.8) is 0 Å². The van der Waals surface area contributed by atoms with Crippen LogP contribution in [-0.2, 0) is 11.3 Å². The number of amidine groups is 1. The fourth-order valence-electron chi connectivity index (χ4n) is 3.45. The topological polar surface area (TPSA) is 35.9 Å². The van der Waals surface area contributed by atoms with Gasteiger partial charge in [0.05, 0.1) is 12.2 Å². The Balaban J connectivity index is 1.67. The van der Waals surface area contributed by atoms with Crippen molar-refractivity contribution in [2.75, 3.05) is 18.0 Å². The molecule has 0 spiro atoms. The molecule has 0 unspecified atom stereocenters. The highest BCUT2D eigenvalue weighted by Gasteiger charge is 2.39. The summed E-state index contributed by atoms with van der Waals surface area (Å²) in [6, 6.07) is 16.1.